The number of imidazole rings is 1. The van der Waals surface area contributed by atoms with Crippen LogP contribution in [0.1, 0.15) is 11.9 Å². The van der Waals surface area contributed by atoms with Crippen LogP contribution >= 0.6 is 0 Å². The fourth-order valence-corrected chi connectivity index (χ4v) is 1.93. The van der Waals surface area contributed by atoms with Crippen molar-refractivity contribution in [3.05, 3.63) is 24.0 Å². The lowest BCUT2D eigenvalue weighted by atomic mass is 10.3. The summed E-state index contributed by atoms with van der Waals surface area (Å²) >= 11 is 0. The van der Waals surface area contributed by atoms with E-state index in [1.807, 2.05) is 18.2 Å². The van der Waals surface area contributed by atoms with Gasteiger partial charge in [0.1, 0.15) is 17.7 Å². The minimum atomic E-state index is -0.0952. The van der Waals surface area contributed by atoms with Gasteiger partial charge in [-0.3, -0.25) is 0 Å². The number of methoxy groups -OCH3 is 1. The highest BCUT2D eigenvalue weighted by atomic mass is 16.6. The predicted molar refractivity (Wildman–Crippen MR) is 62.2 cm³/mol. The number of nitrogens with one attached hydrogen (secondary N) is 1. The number of aromatic nitrogens is 2. The second-order valence-electron chi connectivity index (χ2n) is 3.94. The second-order valence-corrected chi connectivity index (χ2v) is 3.94. The quantitative estimate of drug-likeness (QED) is 0.858. The Morgan fingerprint density at radius 1 is 1.41 bits per heavy atom. The molecule has 90 valence electrons. The van der Waals surface area contributed by atoms with E-state index < -0.39 is 0 Å². The lowest BCUT2D eigenvalue weighted by Gasteiger charge is -2.20. The van der Waals surface area contributed by atoms with Crippen molar-refractivity contribution in [2.75, 3.05) is 26.9 Å². The van der Waals surface area contributed by atoms with Gasteiger partial charge in [0.25, 0.3) is 0 Å². The average molecular weight is 234 g/mol. The molecule has 2 aromatic rings. The molecule has 1 aromatic heterocycles. The molecule has 1 N–H and O–H groups in total. The van der Waals surface area contributed by atoms with Crippen LogP contribution in [0, 0.1) is 0 Å². The number of H-pyrrole nitrogens is 1. The molecule has 2 heterocycles. The zero-order valence-electron chi connectivity index (χ0n) is 9.60. The van der Waals surface area contributed by atoms with Crippen molar-refractivity contribution in [2.24, 2.45) is 0 Å². The summed E-state index contributed by atoms with van der Waals surface area (Å²) in [7, 11) is 1.65. The Hall–Kier alpha value is -1.59. The summed E-state index contributed by atoms with van der Waals surface area (Å²) in [6.45, 7) is 1.83. The predicted octanol–water partition coefficient (Wildman–Crippen LogP) is 1.66. The molecule has 0 spiro atoms. The normalized spacial score (nSPS) is 20.6. The SMILES string of the molecule is COc1ccc2nc(C3COCCO3)[nH]c2c1. The van der Waals surface area contributed by atoms with Crippen molar-refractivity contribution in [1.82, 2.24) is 9.97 Å². The number of fused-ring (bicyclic) bond motifs is 1. The van der Waals surface area contributed by atoms with E-state index in [-0.39, 0.29) is 6.10 Å². The number of hydrogen-bond donors (Lipinski definition) is 1. The van der Waals surface area contributed by atoms with Gasteiger partial charge in [-0.2, -0.15) is 0 Å². The maximum Gasteiger partial charge on any atom is 0.138 e. The van der Waals surface area contributed by atoms with Gasteiger partial charge in [-0.05, 0) is 12.1 Å². The first-order chi connectivity index (χ1) is 8.36. The van der Waals surface area contributed by atoms with E-state index in [4.69, 9.17) is 14.2 Å². The Morgan fingerprint density at radius 2 is 2.35 bits per heavy atom. The van der Waals surface area contributed by atoms with Gasteiger partial charge < -0.3 is 19.2 Å². The van der Waals surface area contributed by atoms with Gasteiger partial charge in [0.15, 0.2) is 0 Å². The highest BCUT2D eigenvalue weighted by Gasteiger charge is 2.20. The van der Waals surface area contributed by atoms with E-state index in [0.29, 0.717) is 19.8 Å². The molecule has 1 unspecified atom stereocenters. The van der Waals surface area contributed by atoms with Crippen molar-refractivity contribution in [3.63, 3.8) is 0 Å². The summed E-state index contributed by atoms with van der Waals surface area (Å²) in [5, 5.41) is 0. The van der Waals surface area contributed by atoms with Crippen LogP contribution in [0.5, 0.6) is 5.75 Å². The molecule has 1 aliphatic rings. The van der Waals surface area contributed by atoms with Gasteiger partial charge in [0.05, 0.1) is 38.0 Å². The van der Waals surface area contributed by atoms with Crippen LogP contribution in [-0.4, -0.2) is 36.9 Å². The van der Waals surface area contributed by atoms with Crippen molar-refractivity contribution < 1.29 is 14.2 Å². The smallest absolute Gasteiger partial charge is 0.138 e. The molecule has 1 aromatic carbocycles. The lowest BCUT2D eigenvalue weighted by molar-refractivity contribution is -0.0931. The molecule has 1 saturated heterocycles. The van der Waals surface area contributed by atoms with Crippen molar-refractivity contribution in [2.45, 2.75) is 6.10 Å². The van der Waals surface area contributed by atoms with Crippen molar-refractivity contribution in [1.29, 1.82) is 0 Å². The molecule has 0 saturated carbocycles. The van der Waals surface area contributed by atoms with Gasteiger partial charge in [-0.25, -0.2) is 4.98 Å². The second kappa shape index (κ2) is 4.35. The van der Waals surface area contributed by atoms with Gasteiger partial charge in [-0.15, -0.1) is 0 Å². The van der Waals surface area contributed by atoms with Gasteiger partial charge >= 0.3 is 0 Å². The topological polar surface area (TPSA) is 56.4 Å². The van der Waals surface area contributed by atoms with Crippen LogP contribution in [0.15, 0.2) is 18.2 Å². The molecule has 0 aliphatic carbocycles. The Bertz CT molecular complexity index is 517. The summed E-state index contributed by atoms with van der Waals surface area (Å²) in [5.41, 5.74) is 1.86. The van der Waals surface area contributed by atoms with Crippen LogP contribution in [0.3, 0.4) is 0 Å². The molecule has 1 fully saturated rings. The summed E-state index contributed by atoms with van der Waals surface area (Å²) in [6, 6.07) is 5.75. The molecule has 0 bridgehead atoms. The highest BCUT2D eigenvalue weighted by molar-refractivity contribution is 5.76. The van der Waals surface area contributed by atoms with Crippen molar-refractivity contribution >= 4 is 11.0 Å². The third-order valence-corrected chi connectivity index (χ3v) is 2.83. The Morgan fingerprint density at radius 3 is 3.12 bits per heavy atom. The first kappa shape index (κ1) is 10.6. The zero-order valence-corrected chi connectivity index (χ0v) is 9.60. The zero-order chi connectivity index (χ0) is 11.7. The first-order valence-corrected chi connectivity index (χ1v) is 5.60. The summed E-state index contributed by atoms with van der Waals surface area (Å²) in [4.78, 5) is 7.74. The van der Waals surface area contributed by atoms with E-state index in [9.17, 15) is 0 Å². The highest BCUT2D eigenvalue weighted by Crippen LogP contribution is 2.23. The molecule has 1 aliphatic heterocycles. The minimum Gasteiger partial charge on any atom is -0.497 e. The average Bonchev–Trinajstić information content (AvgIpc) is 2.82. The standard InChI is InChI=1S/C12H14N2O3/c1-15-8-2-3-9-10(6-8)14-12(13-9)11-7-16-4-5-17-11/h2-3,6,11H,4-5,7H2,1H3,(H,13,14). The van der Waals surface area contributed by atoms with Crippen molar-refractivity contribution in [3.8, 4) is 5.75 Å². The van der Waals surface area contributed by atoms with E-state index >= 15 is 0 Å². The molecular formula is C12H14N2O3. The third-order valence-electron chi connectivity index (χ3n) is 2.83. The molecule has 3 rings (SSSR count). The first-order valence-electron chi connectivity index (χ1n) is 5.60. The number of hydrogen-bond acceptors (Lipinski definition) is 4. The summed E-state index contributed by atoms with van der Waals surface area (Å²) in [5.74, 6) is 1.63. The van der Waals surface area contributed by atoms with Crippen LogP contribution in [-0.2, 0) is 9.47 Å². The number of benzene rings is 1. The summed E-state index contributed by atoms with van der Waals surface area (Å²) in [6.07, 6.45) is -0.0952. The Balaban J connectivity index is 1.95. The maximum atomic E-state index is 5.60. The van der Waals surface area contributed by atoms with E-state index in [2.05, 4.69) is 9.97 Å². The number of rotatable bonds is 2. The van der Waals surface area contributed by atoms with Crippen LogP contribution in [0.2, 0.25) is 0 Å². The Labute approximate surface area is 98.7 Å². The number of ether oxygens (including phenoxy) is 3. The number of aromatic amines is 1. The van der Waals surface area contributed by atoms with Crippen LogP contribution in [0.25, 0.3) is 11.0 Å². The van der Waals surface area contributed by atoms with E-state index in [1.165, 1.54) is 0 Å². The monoisotopic (exact) mass is 234 g/mol. The van der Waals surface area contributed by atoms with Gasteiger partial charge in [-0.1, -0.05) is 0 Å². The summed E-state index contributed by atoms with van der Waals surface area (Å²) < 4.78 is 16.1. The lowest BCUT2D eigenvalue weighted by Crippen LogP contribution is -2.22. The van der Waals surface area contributed by atoms with Gasteiger partial charge in [0.2, 0.25) is 0 Å². The Kier molecular flexibility index (Phi) is 2.70. The maximum absolute atomic E-state index is 5.60. The largest absolute Gasteiger partial charge is 0.497 e. The molecule has 0 amide bonds. The van der Waals surface area contributed by atoms with Crippen LogP contribution < -0.4 is 4.74 Å². The van der Waals surface area contributed by atoms with Crippen LogP contribution in [0.4, 0.5) is 0 Å². The van der Waals surface area contributed by atoms with Gasteiger partial charge in [0, 0.05) is 6.07 Å². The molecular weight excluding hydrogens is 220 g/mol. The fraction of sp³-hybridized carbons (Fsp3) is 0.417. The number of nitrogens with zero attached hydrogens (tertiary/aromatic N) is 1. The third kappa shape index (κ3) is 1.99. The molecule has 17 heavy (non-hydrogen) atoms. The molecule has 5 heteroatoms. The van der Waals surface area contributed by atoms with E-state index in [1.54, 1.807) is 7.11 Å². The van der Waals surface area contributed by atoms with E-state index in [0.717, 1.165) is 22.6 Å². The fourth-order valence-electron chi connectivity index (χ4n) is 1.93. The molecule has 1 atom stereocenters. The molecule has 5 nitrogen and oxygen atoms in total. The minimum absolute atomic E-state index is 0.0952. The molecule has 0 radical (unpaired) electrons.